The van der Waals surface area contributed by atoms with Crippen LogP contribution in [0.1, 0.15) is 30.6 Å². The fraction of sp³-hybridized carbons (Fsp3) is 0.562. The number of nitrogens with zero attached hydrogens (tertiary/aromatic N) is 1. The lowest BCUT2D eigenvalue weighted by Crippen LogP contribution is -2.45. The molecule has 3 rings (SSSR count). The second-order valence-corrected chi connectivity index (χ2v) is 5.91. The number of morpholine rings is 1. The first-order chi connectivity index (χ1) is 10.6. The van der Waals surface area contributed by atoms with Gasteiger partial charge in [0.25, 0.3) is 0 Å². The highest BCUT2D eigenvalue weighted by Crippen LogP contribution is 2.38. The smallest absolute Gasteiger partial charge is 0.224 e. The van der Waals surface area contributed by atoms with Gasteiger partial charge in [0.1, 0.15) is 5.75 Å². The molecule has 6 nitrogen and oxygen atoms in total. The lowest BCUT2D eigenvalue weighted by atomic mass is 9.90. The van der Waals surface area contributed by atoms with E-state index in [9.17, 15) is 15.0 Å². The number of anilines is 1. The molecule has 1 amide bonds. The van der Waals surface area contributed by atoms with Gasteiger partial charge in [-0.15, -0.1) is 0 Å². The van der Waals surface area contributed by atoms with Crippen LogP contribution in [0.4, 0.5) is 5.69 Å². The average Bonchev–Trinajstić information content (AvgIpc) is 2.55. The van der Waals surface area contributed by atoms with E-state index in [-0.39, 0.29) is 17.7 Å². The zero-order valence-corrected chi connectivity index (χ0v) is 12.7. The maximum atomic E-state index is 11.5. The molecule has 2 heterocycles. The highest BCUT2D eigenvalue weighted by atomic mass is 16.5. The topological polar surface area (TPSA) is 82.0 Å². The number of benzene rings is 1. The molecule has 1 saturated heterocycles. The molecule has 0 aliphatic carbocycles. The molecule has 2 atom stereocenters. The number of nitrogens with one attached hydrogen (secondary N) is 1. The summed E-state index contributed by atoms with van der Waals surface area (Å²) in [5, 5.41) is 23.4. The molecule has 6 heteroatoms. The maximum absolute atomic E-state index is 11.5. The summed E-state index contributed by atoms with van der Waals surface area (Å²) in [6.45, 7) is 4.96. The van der Waals surface area contributed by atoms with Gasteiger partial charge in [-0.05, 0) is 30.5 Å². The highest BCUT2D eigenvalue weighted by Gasteiger charge is 2.29. The number of carbonyl (C=O) groups excluding carboxylic acids is 1. The minimum atomic E-state index is -0.664. The van der Waals surface area contributed by atoms with E-state index in [4.69, 9.17) is 4.74 Å². The minimum Gasteiger partial charge on any atom is -0.506 e. The summed E-state index contributed by atoms with van der Waals surface area (Å²) in [5.74, 6) is -0.0475. The van der Waals surface area contributed by atoms with E-state index in [1.165, 1.54) is 6.07 Å². The summed E-state index contributed by atoms with van der Waals surface area (Å²) in [5.41, 5.74) is 2.07. The molecule has 0 saturated carbocycles. The van der Waals surface area contributed by atoms with Gasteiger partial charge >= 0.3 is 0 Å². The van der Waals surface area contributed by atoms with E-state index in [0.29, 0.717) is 31.7 Å². The molecule has 120 valence electrons. The van der Waals surface area contributed by atoms with Crippen molar-refractivity contribution in [1.82, 2.24) is 4.90 Å². The van der Waals surface area contributed by atoms with E-state index in [0.717, 1.165) is 24.2 Å². The number of aliphatic hydroxyl groups is 1. The lowest BCUT2D eigenvalue weighted by Gasteiger charge is -2.36. The Hall–Kier alpha value is -1.63. The van der Waals surface area contributed by atoms with Gasteiger partial charge in [0, 0.05) is 25.6 Å². The van der Waals surface area contributed by atoms with Crippen molar-refractivity contribution in [2.24, 2.45) is 0 Å². The molecular formula is C16H22N2O4. The Labute approximate surface area is 129 Å². The number of fused-ring (bicyclic) bond motifs is 1. The molecule has 1 fully saturated rings. The van der Waals surface area contributed by atoms with E-state index in [1.807, 2.05) is 6.92 Å². The first kappa shape index (κ1) is 15.3. The molecule has 22 heavy (non-hydrogen) atoms. The Morgan fingerprint density at radius 3 is 2.73 bits per heavy atom. The summed E-state index contributed by atoms with van der Waals surface area (Å²) in [4.78, 5) is 13.7. The average molecular weight is 306 g/mol. The number of rotatable bonds is 3. The predicted octanol–water partition coefficient (Wildman–Crippen LogP) is 1.03. The van der Waals surface area contributed by atoms with Crippen LogP contribution in [0.15, 0.2) is 12.1 Å². The van der Waals surface area contributed by atoms with Gasteiger partial charge in [-0.2, -0.15) is 0 Å². The summed E-state index contributed by atoms with van der Waals surface area (Å²) >= 11 is 0. The van der Waals surface area contributed by atoms with Gasteiger partial charge in [0.2, 0.25) is 5.91 Å². The number of aliphatic hydroxyl groups excluding tert-OH is 1. The number of ether oxygens (including phenoxy) is 1. The first-order valence-corrected chi connectivity index (χ1v) is 7.72. The summed E-state index contributed by atoms with van der Waals surface area (Å²) < 4.78 is 5.35. The van der Waals surface area contributed by atoms with Crippen LogP contribution in [0.3, 0.4) is 0 Å². The van der Waals surface area contributed by atoms with Gasteiger partial charge in [-0.3, -0.25) is 9.69 Å². The normalized spacial score (nSPS) is 21.8. The van der Waals surface area contributed by atoms with Crippen LogP contribution in [0, 0.1) is 0 Å². The number of amides is 1. The third kappa shape index (κ3) is 2.82. The fourth-order valence-corrected chi connectivity index (χ4v) is 3.22. The van der Waals surface area contributed by atoms with Gasteiger partial charge < -0.3 is 20.3 Å². The van der Waals surface area contributed by atoms with Crippen molar-refractivity contribution in [2.45, 2.75) is 31.9 Å². The monoisotopic (exact) mass is 306 g/mol. The second-order valence-electron chi connectivity index (χ2n) is 5.91. The van der Waals surface area contributed by atoms with E-state index < -0.39 is 6.10 Å². The standard InChI is InChI=1S/C16H22N2O4/c1-10(18-6-8-22-9-7-18)16(21)12-2-4-13(19)15-11(12)3-5-14(20)17-15/h2,4,10,16,19,21H,3,5-9H2,1H3,(H,17,20). The van der Waals surface area contributed by atoms with Crippen molar-refractivity contribution in [3.63, 3.8) is 0 Å². The number of carbonyl (C=O) groups is 1. The van der Waals surface area contributed by atoms with Crippen LogP contribution in [0.5, 0.6) is 5.75 Å². The van der Waals surface area contributed by atoms with Crippen LogP contribution >= 0.6 is 0 Å². The maximum Gasteiger partial charge on any atom is 0.224 e. The van der Waals surface area contributed by atoms with Crippen molar-refractivity contribution in [1.29, 1.82) is 0 Å². The minimum absolute atomic E-state index is 0.0461. The molecule has 0 aromatic heterocycles. The third-order valence-electron chi connectivity index (χ3n) is 4.59. The molecule has 2 aliphatic heterocycles. The molecule has 0 spiro atoms. The van der Waals surface area contributed by atoms with Gasteiger partial charge in [-0.1, -0.05) is 6.07 Å². The van der Waals surface area contributed by atoms with Crippen LogP contribution in [0.2, 0.25) is 0 Å². The van der Waals surface area contributed by atoms with Crippen molar-refractivity contribution in [3.05, 3.63) is 23.3 Å². The van der Waals surface area contributed by atoms with Crippen molar-refractivity contribution in [2.75, 3.05) is 31.6 Å². The zero-order chi connectivity index (χ0) is 15.7. The second kappa shape index (κ2) is 6.24. The molecule has 2 unspecified atom stereocenters. The quantitative estimate of drug-likeness (QED) is 0.727. The SMILES string of the molecule is CC(C(O)c1ccc(O)c2c1CCC(=O)N2)N1CCOCC1. The van der Waals surface area contributed by atoms with Gasteiger partial charge in [-0.25, -0.2) is 0 Å². The van der Waals surface area contributed by atoms with E-state index in [2.05, 4.69) is 10.2 Å². The molecule has 1 aromatic carbocycles. The number of aromatic hydroxyl groups is 1. The Bertz CT molecular complexity index is 570. The molecule has 2 aliphatic rings. The van der Waals surface area contributed by atoms with E-state index in [1.54, 1.807) is 6.07 Å². The van der Waals surface area contributed by atoms with Gasteiger partial charge in [0.15, 0.2) is 0 Å². The Balaban J connectivity index is 1.87. The Morgan fingerprint density at radius 1 is 1.27 bits per heavy atom. The van der Waals surface area contributed by atoms with Crippen LogP contribution in [-0.2, 0) is 16.0 Å². The molecule has 3 N–H and O–H groups in total. The number of phenolic OH excluding ortho intramolecular Hbond substituents is 1. The summed E-state index contributed by atoms with van der Waals surface area (Å²) in [6.07, 6.45) is 0.252. The van der Waals surface area contributed by atoms with Crippen molar-refractivity contribution in [3.8, 4) is 5.75 Å². The largest absolute Gasteiger partial charge is 0.506 e. The summed E-state index contributed by atoms with van der Waals surface area (Å²) in [7, 11) is 0. The molecule has 1 aromatic rings. The molecule has 0 radical (unpaired) electrons. The predicted molar refractivity (Wildman–Crippen MR) is 81.9 cm³/mol. The zero-order valence-electron chi connectivity index (χ0n) is 12.7. The van der Waals surface area contributed by atoms with E-state index >= 15 is 0 Å². The first-order valence-electron chi connectivity index (χ1n) is 7.72. The highest BCUT2D eigenvalue weighted by molar-refractivity contribution is 5.96. The molecular weight excluding hydrogens is 284 g/mol. The van der Waals surface area contributed by atoms with Gasteiger partial charge in [0.05, 0.1) is 25.0 Å². The number of hydrogen-bond acceptors (Lipinski definition) is 5. The van der Waals surface area contributed by atoms with Crippen molar-refractivity contribution < 1.29 is 19.7 Å². The van der Waals surface area contributed by atoms with Crippen LogP contribution < -0.4 is 5.32 Å². The number of phenols is 1. The Kier molecular flexibility index (Phi) is 4.33. The molecule has 0 bridgehead atoms. The fourth-order valence-electron chi connectivity index (χ4n) is 3.22. The van der Waals surface area contributed by atoms with Crippen molar-refractivity contribution >= 4 is 11.6 Å². The summed E-state index contributed by atoms with van der Waals surface area (Å²) in [6, 6.07) is 3.25. The van der Waals surface area contributed by atoms with Crippen LogP contribution in [0.25, 0.3) is 0 Å². The van der Waals surface area contributed by atoms with Crippen LogP contribution in [-0.4, -0.2) is 53.4 Å². The Morgan fingerprint density at radius 2 is 2.00 bits per heavy atom. The third-order valence-corrected chi connectivity index (χ3v) is 4.59. The lowest BCUT2D eigenvalue weighted by molar-refractivity contribution is -0.116. The number of hydrogen-bond donors (Lipinski definition) is 3.